The first-order valence-corrected chi connectivity index (χ1v) is 10.4. The van der Waals surface area contributed by atoms with Gasteiger partial charge in [0.05, 0.1) is 18.4 Å². The molecule has 3 heterocycles. The lowest BCUT2D eigenvalue weighted by Gasteiger charge is -2.21. The number of aryl methyl sites for hydroxylation is 2. The second-order valence-electron chi connectivity index (χ2n) is 7.68. The van der Waals surface area contributed by atoms with Gasteiger partial charge < -0.3 is 14.8 Å². The molecular formula is C22H28FN7. The first-order chi connectivity index (χ1) is 14.5. The molecule has 0 aliphatic carbocycles. The van der Waals surface area contributed by atoms with Crippen LogP contribution in [-0.2, 0) is 13.6 Å². The van der Waals surface area contributed by atoms with Gasteiger partial charge in [0.2, 0.25) is 0 Å². The van der Waals surface area contributed by atoms with Crippen LogP contribution in [0.4, 0.5) is 4.39 Å². The highest BCUT2D eigenvalue weighted by Crippen LogP contribution is 2.27. The van der Waals surface area contributed by atoms with Crippen LogP contribution in [0.25, 0.3) is 5.69 Å². The van der Waals surface area contributed by atoms with Crippen LogP contribution < -0.4 is 5.32 Å². The second-order valence-corrected chi connectivity index (χ2v) is 7.68. The maximum atomic E-state index is 14.7. The van der Waals surface area contributed by atoms with Crippen LogP contribution in [0, 0.1) is 12.7 Å². The van der Waals surface area contributed by atoms with E-state index in [0.29, 0.717) is 18.2 Å². The first-order valence-electron chi connectivity index (χ1n) is 10.4. The molecule has 0 bridgehead atoms. The lowest BCUT2D eigenvalue weighted by molar-refractivity contribution is 0.486. The van der Waals surface area contributed by atoms with Crippen molar-refractivity contribution in [2.45, 2.75) is 32.7 Å². The Labute approximate surface area is 176 Å². The second kappa shape index (κ2) is 8.69. The minimum Gasteiger partial charge on any atom is -0.357 e. The molecule has 3 aromatic rings. The number of hydrogen-bond acceptors (Lipinski definition) is 3. The molecule has 7 nitrogen and oxygen atoms in total. The molecule has 1 N–H and O–H groups in total. The van der Waals surface area contributed by atoms with Gasteiger partial charge in [0.15, 0.2) is 5.96 Å². The number of nitrogens with one attached hydrogen (secondary N) is 1. The van der Waals surface area contributed by atoms with Crippen LogP contribution in [0.2, 0.25) is 0 Å². The van der Waals surface area contributed by atoms with Gasteiger partial charge in [-0.3, -0.25) is 4.68 Å². The van der Waals surface area contributed by atoms with E-state index in [1.54, 1.807) is 29.1 Å². The molecule has 0 spiro atoms. The fraction of sp³-hybridized carbons (Fsp3) is 0.409. The zero-order chi connectivity index (χ0) is 21.1. The van der Waals surface area contributed by atoms with E-state index < -0.39 is 0 Å². The molecule has 30 heavy (non-hydrogen) atoms. The molecule has 0 amide bonds. The number of likely N-dealkylation sites (tertiary alicyclic amines) is 1. The molecule has 1 aromatic carbocycles. The molecular weight excluding hydrogens is 381 g/mol. The Bertz CT molecular complexity index is 1040. The standard InChI is InChI=1S/C22H28FN7/c1-4-24-22(29-9-7-18(15-29)19-13-27-28(3)14-19)26-12-17-5-6-21(20(23)11-17)30-10-8-25-16(30)2/h5-6,8,10-11,13-14,18H,4,7,9,12,15H2,1-3H3,(H,24,26). The molecule has 2 aromatic heterocycles. The zero-order valence-corrected chi connectivity index (χ0v) is 17.7. The topological polar surface area (TPSA) is 63.3 Å². The van der Waals surface area contributed by atoms with Gasteiger partial charge in [-0.2, -0.15) is 5.10 Å². The summed E-state index contributed by atoms with van der Waals surface area (Å²) in [6.07, 6.45) is 8.55. The van der Waals surface area contributed by atoms with Gasteiger partial charge in [-0.25, -0.2) is 14.4 Å². The molecule has 0 saturated carbocycles. The molecule has 1 saturated heterocycles. The summed E-state index contributed by atoms with van der Waals surface area (Å²) in [7, 11) is 1.94. The smallest absolute Gasteiger partial charge is 0.194 e. The van der Waals surface area contributed by atoms with E-state index in [2.05, 4.69) is 33.4 Å². The Balaban J connectivity index is 1.47. The number of guanidine groups is 1. The summed E-state index contributed by atoms with van der Waals surface area (Å²) < 4.78 is 18.3. The van der Waals surface area contributed by atoms with Crippen molar-refractivity contribution >= 4 is 5.96 Å². The molecule has 1 atom stereocenters. The van der Waals surface area contributed by atoms with E-state index in [1.165, 1.54) is 5.56 Å². The highest BCUT2D eigenvalue weighted by molar-refractivity contribution is 5.80. The largest absolute Gasteiger partial charge is 0.357 e. The summed E-state index contributed by atoms with van der Waals surface area (Å²) >= 11 is 0. The van der Waals surface area contributed by atoms with Crippen LogP contribution in [0.15, 0.2) is 48.0 Å². The minimum atomic E-state index is -0.272. The highest BCUT2D eigenvalue weighted by Gasteiger charge is 2.26. The number of rotatable bonds is 5. The number of benzene rings is 1. The third-order valence-corrected chi connectivity index (χ3v) is 5.53. The van der Waals surface area contributed by atoms with Crippen LogP contribution >= 0.6 is 0 Å². The number of aliphatic imine (C=N–C) groups is 1. The van der Waals surface area contributed by atoms with Gasteiger partial charge in [-0.15, -0.1) is 0 Å². The van der Waals surface area contributed by atoms with E-state index in [-0.39, 0.29) is 5.82 Å². The molecule has 1 unspecified atom stereocenters. The minimum absolute atomic E-state index is 0.272. The number of nitrogens with zero attached hydrogens (tertiary/aromatic N) is 6. The zero-order valence-electron chi connectivity index (χ0n) is 17.7. The quantitative estimate of drug-likeness (QED) is 0.520. The molecule has 1 fully saturated rings. The van der Waals surface area contributed by atoms with Gasteiger partial charge in [0.1, 0.15) is 11.6 Å². The lowest BCUT2D eigenvalue weighted by Crippen LogP contribution is -2.40. The molecule has 158 valence electrons. The van der Waals surface area contributed by atoms with Crippen LogP contribution in [-0.4, -0.2) is 49.8 Å². The van der Waals surface area contributed by atoms with E-state index >= 15 is 0 Å². The number of halogens is 1. The lowest BCUT2D eigenvalue weighted by atomic mass is 10.0. The van der Waals surface area contributed by atoms with Crippen molar-refractivity contribution in [1.82, 2.24) is 29.5 Å². The molecule has 4 rings (SSSR count). The van der Waals surface area contributed by atoms with Gasteiger partial charge in [0.25, 0.3) is 0 Å². The van der Waals surface area contributed by atoms with Crippen molar-refractivity contribution in [3.05, 3.63) is 65.8 Å². The third-order valence-electron chi connectivity index (χ3n) is 5.53. The summed E-state index contributed by atoms with van der Waals surface area (Å²) in [5.41, 5.74) is 2.61. The molecule has 8 heteroatoms. The van der Waals surface area contributed by atoms with Gasteiger partial charge >= 0.3 is 0 Å². The maximum Gasteiger partial charge on any atom is 0.194 e. The Hall–Kier alpha value is -3.16. The fourth-order valence-electron chi connectivity index (χ4n) is 3.94. The van der Waals surface area contributed by atoms with E-state index in [1.807, 2.05) is 30.9 Å². The Morgan fingerprint density at radius 1 is 1.37 bits per heavy atom. The van der Waals surface area contributed by atoms with Gasteiger partial charge in [-0.1, -0.05) is 6.07 Å². The third kappa shape index (κ3) is 4.22. The van der Waals surface area contributed by atoms with Crippen LogP contribution in [0.5, 0.6) is 0 Å². The summed E-state index contributed by atoms with van der Waals surface area (Å²) in [4.78, 5) is 11.2. The highest BCUT2D eigenvalue weighted by atomic mass is 19.1. The van der Waals surface area contributed by atoms with Gasteiger partial charge in [-0.05, 0) is 43.5 Å². The Morgan fingerprint density at radius 2 is 2.23 bits per heavy atom. The summed E-state index contributed by atoms with van der Waals surface area (Å²) in [5.74, 6) is 1.81. The average molecular weight is 410 g/mol. The number of hydrogen-bond donors (Lipinski definition) is 1. The SMILES string of the molecule is CCNC(=NCc1ccc(-n2ccnc2C)c(F)c1)N1CCC(c2cnn(C)c2)C1. The Kier molecular flexibility index (Phi) is 5.83. The fourth-order valence-corrected chi connectivity index (χ4v) is 3.94. The monoisotopic (exact) mass is 409 g/mol. The normalized spacial score (nSPS) is 17.0. The van der Waals surface area contributed by atoms with Crippen molar-refractivity contribution in [3.8, 4) is 5.69 Å². The van der Waals surface area contributed by atoms with Crippen LogP contribution in [0.1, 0.15) is 36.2 Å². The first kappa shape index (κ1) is 20.1. The van der Waals surface area contributed by atoms with Crippen molar-refractivity contribution in [3.63, 3.8) is 0 Å². The van der Waals surface area contributed by atoms with Crippen molar-refractivity contribution in [1.29, 1.82) is 0 Å². The van der Waals surface area contributed by atoms with Crippen molar-refractivity contribution < 1.29 is 4.39 Å². The number of imidazole rings is 1. The summed E-state index contributed by atoms with van der Waals surface area (Å²) in [6, 6.07) is 5.27. The van der Waals surface area contributed by atoms with Gasteiger partial charge in [0, 0.05) is 51.2 Å². The average Bonchev–Trinajstić information content (AvgIpc) is 3.46. The van der Waals surface area contributed by atoms with Crippen molar-refractivity contribution in [2.24, 2.45) is 12.0 Å². The Morgan fingerprint density at radius 3 is 2.90 bits per heavy atom. The van der Waals surface area contributed by atoms with E-state index in [9.17, 15) is 4.39 Å². The molecule has 1 aliphatic rings. The molecule has 0 radical (unpaired) electrons. The van der Waals surface area contributed by atoms with E-state index in [0.717, 1.165) is 43.4 Å². The van der Waals surface area contributed by atoms with Crippen molar-refractivity contribution in [2.75, 3.05) is 19.6 Å². The molecule has 1 aliphatic heterocycles. The summed E-state index contributed by atoms with van der Waals surface area (Å²) in [5, 5.41) is 7.67. The number of aromatic nitrogens is 4. The van der Waals surface area contributed by atoms with E-state index in [4.69, 9.17) is 4.99 Å². The predicted molar refractivity (Wildman–Crippen MR) is 115 cm³/mol. The maximum absolute atomic E-state index is 14.7. The van der Waals surface area contributed by atoms with Crippen LogP contribution in [0.3, 0.4) is 0 Å². The summed E-state index contributed by atoms with van der Waals surface area (Å²) in [6.45, 7) is 6.99. The predicted octanol–water partition coefficient (Wildman–Crippen LogP) is 3.01.